The van der Waals surface area contributed by atoms with Crippen LogP contribution in [0.25, 0.3) is 10.4 Å². The smallest absolute Gasteiger partial charge is 0.471 e. The zero-order valence-electron chi connectivity index (χ0n) is 21.6. The molecule has 0 radical (unpaired) electrons. The summed E-state index contributed by atoms with van der Waals surface area (Å²) in [6, 6.07) is 8.25. The van der Waals surface area contributed by atoms with Crippen molar-refractivity contribution in [3.63, 3.8) is 0 Å². The van der Waals surface area contributed by atoms with E-state index >= 15 is 0 Å². The minimum Gasteiger partial charge on any atom is -0.508 e. The van der Waals surface area contributed by atoms with Crippen molar-refractivity contribution in [1.29, 1.82) is 0 Å². The second-order valence-electron chi connectivity index (χ2n) is 10.1. The molecule has 8 nitrogen and oxygen atoms in total. The van der Waals surface area contributed by atoms with E-state index in [0.717, 1.165) is 42.2 Å². The zero-order valence-corrected chi connectivity index (χ0v) is 22.4. The molecule has 0 saturated carbocycles. The molecule has 12 heteroatoms. The van der Waals surface area contributed by atoms with Gasteiger partial charge in [-0.2, -0.15) is 13.2 Å². The van der Waals surface area contributed by atoms with Gasteiger partial charge in [-0.25, -0.2) is 0 Å². The molecule has 0 bridgehead atoms. The summed E-state index contributed by atoms with van der Waals surface area (Å²) in [6.45, 7) is 4.87. The molecule has 208 valence electrons. The van der Waals surface area contributed by atoms with Gasteiger partial charge < -0.3 is 25.1 Å². The summed E-state index contributed by atoms with van der Waals surface area (Å²) in [5.41, 5.74) is 1.68. The van der Waals surface area contributed by atoms with E-state index in [0.29, 0.717) is 42.4 Å². The maximum atomic E-state index is 13.3. The lowest BCUT2D eigenvalue weighted by molar-refractivity contribution is -0.188. The van der Waals surface area contributed by atoms with Crippen LogP contribution in [0.1, 0.15) is 18.4 Å². The van der Waals surface area contributed by atoms with Gasteiger partial charge in [0.25, 0.3) is 0 Å². The van der Waals surface area contributed by atoms with Crippen molar-refractivity contribution in [3.05, 3.63) is 35.9 Å². The Hall–Kier alpha value is -2.67. The molecule has 2 aliphatic heterocycles. The lowest BCUT2D eigenvalue weighted by atomic mass is 10.0. The molecule has 3 heterocycles. The summed E-state index contributed by atoms with van der Waals surface area (Å²) in [7, 11) is 3.96. The van der Waals surface area contributed by atoms with E-state index in [4.69, 9.17) is 0 Å². The number of likely N-dealkylation sites (N-methyl/N-ethyl adjacent to an activating group) is 1. The van der Waals surface area contributed by atoms with Gasteiger partial charge in [-0.3, -0.25) is 14.5 Å². The Bertz CT molecular complexity index is 1130. The highest BCUT2D eigenvalue weighted by molar-refractivity contribution is 7.19. The van der Waals surface area contributed by atoms with Crippen molar-refractivity contribution in [2.24, 2.45) is 0 Å². The molecular formula is C26H34F3N5O3S. The van der Waals surface area contributed by atoms with Crippen LogP contribution in [0.15, 0.2) is 30.3 Å². The lowest BCUT2D eigenvalue weighted by Gasteiger charge is -2.37. The molecule has 38 heavy (non-hydrogen) atoms. The molecule has 2 saturated heterocycles. The number of benzene rings is 1. The van der Waals surface area contributed by atoms with E-state index in [1.54, 1.807) is 18.2 Å². The van der Waals surface area contributed by atoms with Gasteiger partial charge in [-0.15, -0.1) is 11.3 Å². The predicted molar refractivity (Wildman–Crippen MR) is 141 cm³/mol. The molecule has 1 aromatic carbocycles. The summed E-state index contributed by atoms with van der Waals surface area (Å²) in [6.07, 6.45) is -4.28. The van der Waals surface area contributed by atoms with E-state index in [1.807, 2.05) is 24.1 Å². The number of phenolic OH excluding ortho intramolecular Hbond substituents is 1. The summed E-state index contributed by atoms with van der Waals surface area (Å²) >= 11 is 1.29. The molecule has 2 fully saturated rings. The number of nitrogens with one attached hydrogen (secondary N) is 1. The number of hydrogen-bond donors (Lipinski definition) is 2. The van der Waals surface area contributed by atoms with Gasteiger partial charge in [0.1, 0.15) is 12.3 Å². The molecule has 0 spiro atoms. The average molecular weight is 554 g/mol. The van der Waals surface area contributed by atoms with E-state index in [1.165, 1.54) is 11.3 Å². The highest BCUT2D eigenvalue weighted by atomic mass is 32.1. The van der Waals surface area contributed by atoms with Crippen LogP contribution in [0.4, 0.5) is 18.2 Å². The minimum absolute atomic E-state index is 0.223. The average Bonchev–Trinajstić information content (AvgIpc) is 3.33. The van der Waals surface area contributed by atoms with Crippen LogP contribution in [0.3, 0.4) is 0 Å². The first-order valence-electron chi connectivity index (χ1n) is 12.7. The second kappa shape index (κ2) is 12.0. The quantitative estimate of drug-likeness (QED) is 0.548. The van der Waals surface area contributed by atoms with Crippen molar-refractivity contribution in [3.8, 4) is 16.2 Å². The zero-order chi connectivity index (χ0) is 27.4. The molecule has 4 rings (SSSR count). The van der Waals surface area contributed by atoms with Crippen molar-refractivity contribution in [2.45, 2.75) is 31.6 Å². The van der Waals surface area contributed by atoms with Crippen LogP contribution >= 0.6 is 11.3 Å². The molecule has 1 aromatic heterocycles. The highest BCUT2D eigenvalue weighted by Gasteiger charge is 2.45. The predicted octanol–water partition coefficient (Wildman–Crippen LogP) is 3.29. The Labute approximate surface area is 224 Å². The number of piperazine rings is 1. The maximum Gasteiger partial charge on any atom is 0.471 e. The fourth-order valence-corrected chi connectivity index (χ4v) is 5.76. The number of carbonyl (C=O) groups excluding carboxylic acids is 2. The van der Waals surface area contributed by atoms with Crippen LogP contribution in [0, 0.1) is 0 Å². The molecule has 2 aromatic rings. The van der Waals surface area contributed by atoms with Crippen LogP contribution in [0.5, 0.6) is 5.75 Å². The van der Waals surface area contributed by atoms with E-state index in [9.17, 15) is 27.9 Å². The minimum atomic E-state index is -5.04. The number of rotatable bonds is 7. The third-order valence-corrected chi connectivity index (χ3v) is 8.22. The topological polar surface area (TPSA) is 79.4 Å². The van der Waals surface area contributed by atoms with Gasteiger partial charge in [-0.1, -0.05) is 0 Å². The van der Waals surface area contributed by atoms with Gasteiger partial charge in [0.05, 0.1) is 5.00 Å². The lowest BCUT2D eigenvalue weighted by Crippen LogP contribution is -2.53. The SMILES string of the molecule is CN1CCC(N(CC(=O)Nc2ccc(-c3ccc(O)c(CN4CCN(C)CC4)c3)s2)C(=O)C(F)(F)F)CC1. The standard InChI is InChI=1S/C26H34F3N5O3S/c1-31-9-7-20(8-10-31)34(25(37)26(27,28)29)17-23(36)30-24-6-5-22(38-24)18-3-4-21(35)19(15-18)16-33-13-11-32(2)12-14-33/h3-6,15,20,35H,7-14,16-17H2,1-2H3,(H,30,36). The monoisotopic (exact) mass is 553 g/mol. The Morgan fingerprint density at radius 2 is 1.68 bits per heavy atom. The number of nitrogens with zero attached hydrogens (tertiary/aromatic N) is 4. The summed E-state index contributed by atoms with van der Waals surface area (Å²) in [5, 5.41) is 13.5. The molecule has 2 amide bonds. The normalized spacial score (nSPS) is 18.4. The number of piperidine rings is 1. The number of hydrogen-bond acceptors (Lipinski definition) is 7. The number of thiophene rings is 1. The van der Waals surface area contributed by atoms with Crippen LogP contribution < -0.4 is 5.32 Å². The number of halogens is 3. The molecule has 0 aliphatic carbocycles. The molecule has 0 atom stereocenters. The molecule has 0 unspecified atom stereocenters. The van der Waals surface area contributed by atoms with Gasteiger partial charge in [0.15, 0.2) is 0 Å². The first-order valence-corrected chi connectivity index (χ1v) is 13.5. The van der Waals surface area contributed by atoms with Gasteiger partial charge in [0.2, 0.25) is 5.91 Å². The molecular weight excluding hydrogens is 519 g/mol. The van der Waals surface area contributed by atoms with Gasteiger partial charge in [0, 0.05) is 49.2 Å². The third kappa shape index (κ3) is 7.25. The summed E-state index contributed by atoms with van der Waals surface area (Å²) in [4.78, 5) is 32.9. The van der Waals surface area contributed by atoms with Gasteiger partial charge in [-0.05, 0) is 75.9 Å². The largest absolute Gasteiger partial charge is 0.508 e. The fourth-order valence-electron chi connectivity index (χ4n) is 4.84. The Kier molecular flexibility index (Phi) is 8.96. The number of amides is 2. The number of aromatic hydroxyl groups is 1. The maximum absolute atomic E-state index is 13.3. The first kappa shape index (κ1) is 28.3. The van der Waals surface area contributed by atoms with E-state index < -0.39 is 30.6 Å². The number of alkyl halides is 3. The van der Waals surface area contributed by atoms with Crippen LogP contribution in [-0.2, 0) is 16.1 Å². The Balaban J connectivity index is 1.41. The number of anilines is 1. The molecule has 2 N–H and O–H groups in total. The highest BCUT2D eigenvalue weighted by Crippen LogP contribution is 2.34. The summed E-state index contributed by atoms with van der Waals surface area (Å²) in [5.74, 6) is -2.43. The van der Waals surface area contributed by atoms with E-state index in [2.05, 4.69) is 22.2 Å². The van der Waals surface area contributed by atoms with Crippen LogP contribution in [-0.4, -0.2) is 109 Å². The van der Waals surface area contributed by atoms with Gasteiger partial charge >= 0.3 is 12.1 Å². The Morgan fingerprint density at radius 1 is 1.03 bits per heavy atom. The van der Waals surface area contributed by atoms with E-state index in [-0.39, 0.29) is 5.75 Å². The van der Waals surface area contributed by atoms with Crippen molar-refractivity contribution >= 4 is 28.2 Å². The second-order valence-corrected chi connectivity index (χ2v) is 11.2. The fraction of sp³-hybridized carbons (Fsp3) is 0.538. The Morgan fingerprint density at radius 3 is 2.34 bits per heavy atom. The van der Waals surface area contributed by atoms with Crippen molar-refractivity contribution in [1.82, 2.24) is 19.6 Å². The van der Waals surface area contributed by atoms with Crippen LogP contribution in [0.2, 0.25) is 0 Å². The number of likely N-dealkylation sites (tertiary alicyclic amines) is 1. The number of phenols is 1. The first-order chi connectivity index (χ1) is 18.0. The molecule has 2 aliphatic rings. The summed E-state index contributed by atoms with van der Waals surface area (Å²) < 4.78 is 39.8. The van der Waals surface area contributed by atoms with Crippen molar-refractivity contribution < 1.29 is 27.9 Å². The van der Waals surface area contributed by atoms with Crippen molar-refractivity contribution in [2.75, 3.05) is 65.2 Å². The third-order valence-electron chi connectivity index (χ3n) is 7.17. The number of carbonyl (C=O) groups is 2.